The number of carbonyl (C=O) groups excluding carboxylic acids is 2. The molecule has 1 amide bonds. The predicted molar refractivity (Wildman–Crippen MR) is 97.6 cm³/mol. The van der Waals surface area contributed by atoms with E-state index in [1.807, 2.05) is 5.32 Å². The predicted octanol–water partition coefficient (Wildman–Crippen LogP) is 1.23. The van der Waals surface area contributed by atoms with Crippen LogP contribution in [0.1, 0.15) is 16.8 Å². The Morgan fingerprint density at radius 2 is 1.84 bits per heavy atom. The molecule has 0 aromatic carbocycles. The van der Waals surface area contributed by atoms with E-state index in [9.17, 15) is 46.1 Å². The summed E-state index contributed by atoms with van der Waals surface area (Å²) in [5.74, 6) is -10.1. The van der Waals surface area contributed by atoms with Crippen molar-refractivity contribution >= 4 is 29.5 Å². The maximum Gasteiger partial charge on any atom is 0.453 e. The maximum atomic E-state index is 14.5. The van der Waals surface area contributed by atoms with Gasteiger partial charge >= 0.3 is 12.1 Å². The summed E-state index contributed by atoms with van der Waals surface area (Å²) in [5, 5.41) is 20.5. The SMILES string of the molecule is O=C(NCCC(F)(F)C(F)(F)F)C1C=Nc2nc(N3CC(CO)(CO)C3)c(F)cc2C1=O. The van der Waals surface area contributed by atoms with Gasteiger partial charge in [0.1, 0.15) is 5.92 Å². The van der Waals surface area contributed by atoms with E-state index < -0.39 is 53.9 Å². The minimum atomic E-state index is -5.77. The van der Waals surface area contributed by atoms with Crippen LogP contribution in [0.4, 0.5) is 38.0 Å². The third kappa shape index (κ3) is 4.28. The van der Waals surface area contributed by atoms with Crippen LogP contribution in [0.3, 0.4) is 0 Å². The van der Waals surface area contributed by atoms with Crippen LogP contribution in [0.5, 0.6) is 0 Å². The van der Waals surface area contributed by atoms with Crippen LogP contribution in [0.15, 0.2) is 11.1 Å². The van der Waals surface area contributed by atoms with Gasteiger partial charge < -0.3 is 20.4 Å². The number of ketones is 1. The molecule has 0 radical (unpaired) electrons. The van der Waals surface area contributed by atoms with Crippen molar-refractivity contribution < 1.29 is 46.1 Å². The first-order valence-electron chi connectivity index (χ1n) is 9.32. The van der Waals surface area contributed by atoms with E-state index in [1.165, 1.54) is 4.90 Å². The third-order valence-electron chi connectivity index (χ3n) is 5.29. The van der Waals surface area contributed by atoms with Crippen molar-refractivity contribution in [2.45, 2.75) is 18.5 Å². The van der Waals surface area contributed by atoms with Crippen LogP contribution in [0, 0.1) is 17.2 Å². The van der Waals surface area contributed by atoms with Crippen molar-refractivity contribution in [3.8, 4) is 0 Å². The van der Waals surface area contributed by atoms with Crippen molar-refractivity contribution in [1.29, 1.82) is 0 Å². The number of halogens is 6. The molecule has 8 nitrogen and oxygen atoms in total. The van der Waals surface area contributed by atoms with Crippen LogP contribution >= 0.6 is 0 Å². The molecule has 0 spiro atoms. The molecule has 0 bridgehead atoms. The first kappa shape index (κ1) is 23.9. The van der Waals surface area contributed by atoms with Gasteiger partial charge in [-0.2, -0.15) is 22.0 Å². The zero-order chi connectivity index (χ0) is 23.9. The molecule has 14 heteroatoms. The molecule has 1 unspecified atom stereocenters. The summed E-state index contributed by atoms with van der Waals surface area (Å²) in [6.45, 7) is -1.49. The molecule has 3 N–H and O–H groups in total. The van der Waals surface area contributed by atoms with Crippen molar-refractivity contribution in [1.82, 2.24) is 10.3 Å². The van der Waals surface area contributed by atoms with Crippen LogP contribution in [-0.2, 0) is 4.79 Å². The Balaban J connectivity index is 1.68. The van der Waals surface area contributed by atoms with Gasteiger partial charge in [0.15, 0.2) is 23.2 Å². The molecule has 1 atom stereocenters. The van der Waals surface area contributed by atoms with E-state index in [1.54, 1.807) is 0 Å². The number of nitrogens with one attached hydrogen (secondary N) is 1. The molecular formula is C18H18F6N4O4. The van der Waals surface area contributed by atoms with Gasteiger partial charge in [-0.3, -0.25) is 9.59 Å². The first-order chi connectivity index (χ1) is 14.8. The van der Waals surface area contributed by atoms with Gasteiger partial charge in [-0.25, -0.2) is 14.4 Å². The molecule has 1 aromatic rings. The van der Waals surface area contributed by atoms with Crippen LogP contribution in [-0.4, -0.2) is 78.0 Å². The average molecular weight is 468 g/mol. The van der Waals surface area contributed by atoms with Crippen molar-refractivity contribution in [3.05, 3.63) is 17.4 Å². The van der Waals surface area contributed by atoms with E-state index in [4.69, 9.17) is 0 Å². The van der Waals surface area contributed by atoms with E-state index in [-0.39, 0.29) is 43.5 Å². The summed E-state index contributed by atoms with van der Waals surface area (Å²) in [4.78, 5) is 33.8. The van der Waals surface area contributed by atoms with Crippen LogP contribution in [0.2, 0.25) is 0 Å². The van der Waals surface area contributed by atoms with Crippen molar-refractivity contribution in [2.75, 3.05) is 37.7 Å². The number of rotatable bonds is 7. The zero-order valence-corrected chi connectivity index (χ0v) is 16.3. The molecule has 32 heavy (non-hydrogen) atoms. The number of carbonyl (C=O) groups is 2. The molecule has 2 aliphatic rings. The summed E-state index contributed by atoms with van der Waals surface area (Å²) in [5.41, 5.74) is -1.17. The van der Waals surface area contributed by atoms with Crippen molar-refractivity contribution in [3.63, 3.8) is 0 Å². The highest BCUT2D eigenvalue weighted by molar-refractivity contribution is 6.23. The van der Waals surface area contributed by atoms with Crippen LogP contribution in [0.25, 0.3) is 0 Å². The summed E-state index contributed by atoms with van der Waals surface area (Å²) in [7, 11) is 0. The molecular weight excluding hydrogens is 450 g/mol. The normalized spacial score (nSPS) is 20.1. The number of aliphatic imine (C=N–C) groups is 1. The Hall–Kier alpha value is -2.74. The fourth-order valence-electron chi connectivity index (χ4n) is 3.30. The minimum Gasteiger partial charge on any atom is -0.396 e. The molecule has 2 aliphatic heterocycles. The van der Waals surface area contributed by atoms with Gasteiger partial charge in [0, 0.05) is 32.3 Å². The molecule has 1 fully saturated rings. The Morgan fingerprint density at radius 1 is 1.22 bits per heavy atom. The Labute approximate surface area is 176 Å². The number of pyridine rings is 1. The number of alkyl halides is 5. The largest absolute Gasteiger partial charge is 0.453 e. The van der Waals surface area contributed by atoms with Gasteiger partial charge in [0.2, 0.25) is 5.91 Å². The molecule has 1 aromatic heterocycles. The standard InChI is InChI=1S/C18H18F6N4O4/c19-11-3-9-12(31)10(15(32)25-2-1-17(20,21)18(22,23)24)4-26-13(9)27-14(11)28-5-16(6-28,7-29)8-30/h3-4,10,29-30H,1-2,5-8H2,(H,25,32). The lowest BCUT2D eigenvalue weighted by Crippen LogP contribution is -2.61. The Morgan fingerprint density at radius 3 is 2.41 bits per heavy atom. The second-order valence-electron chi connectivity index (χ2n) is 7.70. The molecule has 0 aliphatic carbocycles. The van der Waals surface area contributed by atoms with E-state index in [2.05, 4.69) is 9.98 Å². The fraction of sp³-hybridized carbons (Fsp3) is 0.556. The number of anilines is 1. The first-order valence-corrected chi connectivity index (χ1v) is 9.32. The third-order valence-corrected chi connectivity index (χ3v) is 5.29. The van der Waals surface area contributed by atoms with E-state index in [0.717, 1.165) is 12.3 Å². The van der Waals surface area contributed by atoms with Crippen LogP contribution < -0.4 is 10.2 Å². The second kappa shape index (κ2) is 8.31. The lowest BCUT2D eigenvalue weighted by Gasteiger charge is -2.48. The molecule has 1 saturated heterocycles. The van der Waals surface area contributed by atoms with Gasteiger partial charge in [-0.05, 0) is 6.07 Å². The van der Waals surface area contributed by atoms with Gasteiger partial charge in [0.25, 0.3) is 0 Å². The van der Waals surface area contributed by atoms with E-state index in [0.29, 0.717) is 0 Å². The molecule has 3 rings (SSSR count). The molecule has 176 valence electrons. The number of aromatic nitrogens is 1. The number of amides is 1. The number of fused-ring (bicyclic) bond motifs is 1. The average Bonchev–Trinajstić information content (AvgIpc) is 2.68. The summed E-state index contributed by atoms with van der Waals surface area (Å²) >= 11 is 0. The van der Waals surface area contributed by atoms with Gasteiger partial charge in [0.05, 0.1) is 24.2 Å². The molecule has 3 heterocycles. The number of aliphatic hydroxyl groups excluding tert-OH is 2. The lowest BCUT2D eigenvalue weighted by molar-refractivity contribution is -0.283. The summed E-state index contributed by atoms with van der Waals surface area (Å²) in [6, 6.07) is 0.798. The number of nitrogens with zero attached hydrogens (tertiary/aromatic N) is 3. The maximum absolute atomic E-state index is 14.5. The number of Topliss-reactive ketones (excluding diaryl/α,β-unsaturated/α-hetero) is 1. The lowest BCUT2D eigenvalue weighted by atomic mass is 9.81. The number of hydrogen-bond donors (Lipinski definition) is 3. The second-order valence-corrected chi connectivity index (χ2v) is 7.70. The smallest absolute Gasteiger partial charge is 0.396 e. The topological polar surface area (TPSA) is 115 Å². The Bertz CT molecular complexity index is 940. The van der Waals surface area contributed by atoms with Gasteiger partial charge in [-0.1, -0.05) is 0 Å². The quantitative estimate of drug-likeness (QED) is 0.410. The highest BCUT2D eigenvalue weighted by atomic mass is 19.4. The fourth-order valence-corrected chi connectivity index (χ4v) is 3.30. The zero-order valence-electron chi connectivity index (χ0n) is 16.3. The Kier molecular flexibility index (Phi) is 6.21. The summed E-state index contributed by atoms with van der Waals surface area (Å²) in [6.07, 6.45) is -6.64. The van der Waals surface area contributed by atoms with E-state index >= 15 is 0 Å². The highest BCUT2D eigenvalue weighted by Gasteiger charge is 2.56. The monoisotopic (exact) mass is 468 g/mol. The highest BCUT2D eigenvalue weighted by Crippen LogP contribution is 2.38. The number of aliphatic hydroxyl groups is 2. The molecule has 0 saturated carbocycles. The minimum absolute atomic E-state index is 0.105. The van der Waals surface area contributed by atoms with Gasteiger partial charge in [-0.15, -0.1) is 0 Å². The van der Waals surface area contributed by atoms with Crippen molar-refractivity contribution in [2.24, 2.45) is 16.3 Å². The summed E-state index contributed by atoms with van der Waals surface area (Å²) < 4.78 is 76.9. The number of hydrogen-bond acceptors (Lipinski definition) is 7.